The average molecular weight is 385 g/mol. The van der Waals surface area contributed by atoms with E-state index in [-0.39, 0.29) is 17.4 Å². The van der Waals surface area contributed by atoms with Crippen LogP contribution in [0, 0.1) is 12.8 Å². The fraction of sp³-hybridized carbons (Fsp3) is 0.286. The van der Waals surface area contributed by atoms with Crippen LogP contribution in [-0.2, 0) is 21.2 Å². The largest absolute Gasteiger partial charge is 0.448 e. The molecule has 1 saturated heterocycles. The minimum absolute atomic E-state index is 0.0664. The zero-order chi connectivity index (χ0) is 19.6. The summed E-state index contributed by atoms with van der Waals surface area (Å²) >= 11 is 0. The van der Waals surface area contributed by atoms with Gasteiger partial charge >= 0.3 is 6.09 Å². The summed E-state index contributed by atoms with van der Waals surface area (Å²) < 4.78 is 32.5. The van der Waals surface area contributed by atoms with E-state index in [0.29, 0.717) is 12.0 Å². The number of hydrogen-bond donors (Lipinski definition) is 0. The SMILES string of the molecule is C=C(C)[C@@H]1[C@@H](Cc2ccccc2)COC(=O)N1S(=O)(=O)c1ccc(C)cc1. The summed E-state index contributed by atoms with van der Waals surface area (Å²) in [5, 5.41) is 0. The maximum Gasteiger partial charge on any atom is 0.424 e. The number of hydrogen-bond acceptors (Lipinski definition) is 4. The minimum atomic E-state index is -4.05. The normalized spacial score (nSPS) is 20.2. The van der Waals surface area contributed by atoms with Crippen LogP contribution in [0.15, 0.2) is 71.6 Å². The lowest BCUT2D eigenvalue weighted by Gasteiger charge is -2.40. The second-order valence-electron chi connectivity index (χ2n) is 6.93. The summed E-state index contributed by atoms with van der Waals surface area (Å²) in [7, 11) is -4.05. The Hall–Kier alpha value is -2.60. The number of rotatable bonds is 5. The highest BCUT2D eigenvalue weighted by molar-refractivity contribution is 7.89. The summed E-state index contributed by atoms with van der Waals surface area (Å²) in [5.74, 6) is -0.206. The molecule has 1 aliphatic rings. The first kappa shape index (κ1) is 19.2. The quantitative estimate of drug-likeness (QED) is 0.732. The Morgan fingerprint density at radius 2 is 1.78 bits per heavy atom. The topological polar surface area (TPSA) is 63.7 Å². The third-order valence-electron chi connectivity index (χ3n) is 4.72. The fourth-order valence-electron chi connectivity index (χ4n) is 3.40. The van der Waals surface area contributed by atoms with Gasteiger partial charge in [-0.3, -0.25) is 0 Å². The van der Waals surface area contributed by atoms with Gasteiger partial charge in [0.1, 0.15) is 0 Å². The summed E-state index contributed by atoms with van der Waals surface area (Å²) in [6.07, 6.45) is -0.265. The molecule has 1 fully saturated rings. The standard InChI is InChI=1S/C21H23NO4S/c1-15(2)20-18(13-17-7-5-4-6-8-17)14-26-21(23)22(20)27(24,25)19-11-9-16(3)10-12-19/h4-12,18,20H,1,13-14H2,2-3H3/t18-,20+/m0/s1. The van der Waals surface area contributed by atoms with Crippen molar-refractivity contribution < 1.29 is 17.9 Å². The number of nitrogens with zero attached hydrogens (tertiary/aromatic N) is 1. The Balaban J connectivity index is 1.99. The van der Waals surface area contributed by atoms with Crippen LogP contribution in [0.5, 0.6) is 0 Å². The van der Waals surface area contributed by atoms with E-state index < -0.39 is 22.2 Å². The lowest BCUT2D eigenvalue weighted by Crippen LogP contribution is -2.54. The fourth-order valence-corrected chi connectivity index (χ4v) is 5.01. The van der Waals surface area contributed by atoms with Crippen molar-refractivity contribution in [1.82, 2.24) is 4.31 Å². The number of ether oxygens (including phenoxy) is 1. The van der Waals surface area contributed by atoms with Gasteiger partial charge in [0.2, 0.25) is 0 Å². The zero-order valence-corrected chi connectivity index (χ0v) is 16.3. The molecule has 1 aliphatic heterocycles. The number of aryl methyl sites for hydroxylation is 1. The third kappa shape index (κ3) is 3.90. The van der Waals surface area contributed by atoms with E-state index in [4.69, 9.17) is 4.74 Å². The molecule has 0 spiro atoms. The van der Waals surface area contributed by atoms with E-state index in [1.165, 1.54) is 12.1 Å². The number of cyclic esters (lactones) is 1. The molecule has 0 aromatic heterocycles. The van der Waals surface area contributed by atoms with Crippen molar-refractivity contribution in [3.8, 4) is 0 Å². The van der Waals surface area contributed by atoms with Gasteiger partial charge in [-0.25, -0.2) is 13.2 Å². The van der Waals surface area contributed by atoms with Crippen LogP contribution in [0.3, 0.4) is 0 Å². The molecule has 0 aliphatic carbocycles. The zero-order valence-electron chi connectivity index (χ0n) is 15.5. The minimum Gasteiger partial charge on any atom is -0.448 e. The third-order valence-corrected chi connectivity index (χ3v) is 6.49. The van der Waals surface area contributed by atoms with Gasteiger partial charge in [-0.1, -0.05) is 60.2 Å². The molecule has 2 atom stereocenters. The van der Waals surface area contributed by atoms with Crippen molar-refractivity contribution >= 4 is 16.1 Å². The van der Waals surface area contributed by atoms with Crippen LogP contribution in [0.2, 0.25) is 0 Å². The number of sulfonamides is 1. The molecular formula is C21H23NO4S. The molecule has 2 aromatic rings. The molecule has 1 heterocycles. The van der Waals surface area contributed by atoms with Crippen LogP contribution in [0.25, 0.3) is 0 Å². The molecule has 1 amide bonds. The maximum absolute atomic E-state index is 13.2. The Labute approximate surface area is 160 Å². The number of benzene rings is 2. The van der Waals surface area contributed by atoms with Gasteiger partial charge in [-0.2, -0.15) is 4.31 Å². The van der Waals surface area contributed by atoms with Gasteiger partial charge in [0, 0.05) is 5.92 Å². The summed E-state index contributed by atoms with van der Waals surface area (Å²) in [6, 6.07) is 15.5. The number of amides is 1. The van der Waals surface area contributed by atoms with Gasteiger partial charge in [0.05, 0.1) is 17.5 Å². The van der Waals surface area contributed by atoms with Gasteiger partial charge in [-0.05, 0) is 38.0 Å². The van der Waals surface area contributed by atoms with Crippen molar-refractivity contribution in [2.75, 3.05) is 6.61 Å². The monoisotopic (exact) mass is 385 g/mol. The molecule has 2 aromatic carbocycles. The molecule has 0 unspecified atom stereocenters. The number of carbonyl (C=O) groups excluding carboxylic acids is 1. The maximum atomic E-state index is 13.2. The van der Waals surface area contributed by atoms with Crippen molar-refractivity contribution in [2.24, 2.45) is 5.92 Å². The highest BCUT2D eigenvalue weighted by Crippen LogP contribution is 2.32. The number of carbonyl (C=O) groups is 1. The first-order valence-electron chi connectivity index (χ1n) is 8.78. The van der Waals surface area contributed by atoms with Crippen LogP contribution >= 0.6 is 0 Å². The predicted octanol–water partition coefficient (Wildman–Crippen LogP) is 3.94. The molecule has 27 heavy (non-hydrogen) atoms. The van der Waals surface area contributed by atoms with E-state index in [2.05, 4.69) is 6.58 Å². The van der Waals surface area contributed by atoms with Gasteiger partial charge in [0.25, 0.3) is 10.0 Å². The van der Waals surface area contributed by atoms with E-state index >= 15 is 0 Å². The Bertz CT molecular complexity index is 936. The van der Waals surface area contributed by atoms with Crippen LogP contribution in [0.1, 0.15) is 18.1 Å². The van der Waals surface area contributed by atoms with Gasteiger partial charge in [-0.15, -0.1) is 0 Å². The van der Waals surface area contributed by atoms with Crippen molar-refractivity contribution in [3.63, 3.8) is 0 Å². The van der Waals surface area contributed by atoms with Gasteiger partial charge in [0.15, 0.2) is 0 Å². The summed E-state index contributed by atoms with van der Waals surface area (Å²) in [6.45, 7) is 7.74. The molecule has 142 valence electrons. The smallest absolute Gasteiger partial charge is 0.424 e. The first-order valence-corrected chi connectivity index (χ1v) is 10.2. The van der Waals surface area contributed by atoms with Crippen LogP contribution in [0.4, 0.5) is 4.79 Å². The van der Waals surface area contributed by atoms with E-state index in [1.807, 2.05) is 37.3 Å². The van der Waals surface area contributed by atoms with E-state index in [0.717, 1.165) is 15.4 Å². The molecule has 0 saturated carbocycles. The first-order chi connectivity index (χ1) is 12.8. The highest BCUT2D eigenvalue weighted by atomic mass is 32.2. The second-order valence-corrected chi connectivity index (χ2v) is 8.75. The van der Waals surface area contributed by atoms with Crippen molar-refractivity contribution in [2.45, 2.75) is 31.2 Å². The Kier molecular flexibility index (Phi) is 5.37. The molecule has 5 nitrogen and oxygen atoms in total. The molecule has 0 N–H and O–H groups in total. The summed E-state index contributed by atoms with van der Waals surface area (Å²) in [4.78, 5) is 12.5. The van der Waals surface area contributed by atoms with E-state index in [1.54, 1.807) is 19.1 Å². The molecular weight excluding hydrogens is 362 g/mol. The Morgan fingerprint density at radius 1 is 1.15 bits per heavy atom. The van der Waals surface area contributed by atoms with Crippen LogP contribution < -0.4 is 0 Å². The average Bonchev–Trinajstić information content (AvgIpc) is 2.63. The highest BCUT2D eigenvalue weighted by Gasteiger charge is 2.45. The van der Waals surface area contributed by atoms with Crippen molar-refractivity contribution in [1.29, 1.82) is 0 Å². The predicted molar refractivity (Wildman–Crippen MR) is 104 cm³/mol. The van der Waals surface area contributed by atoms with E-state index in [9.17, 15) is 13.2 Å². The molecule has 0 bridgehead atoms. The second kappa shape index (κ2) is 7.56. The summed E-state index contributed by atoms with van der Waals surface area (Å²) in [5.41, 5.74) is 2.61. The van der Waals surface area contributed by atoms with Crippen molar-refractivity contribution in [3.05, 3.63) is 77.9 Å². The molecule has 3 rings (SSSR count). The Morgan fingerprint density at radius 3 is 2.37 bits per heavy atom. The lowest BCUT2D eigenvalue weighted by atomic mass is 9.88. The van der Waals surface area contributed by atoms with Gasteiger partial charge < -0.3 is 4.74 Å². The lowest BCUT2D eigenvalue weighted by molar-refractivity contribution is 0.0516. The molecule has 6 heteroatoms. The molecule has 0 radical (unpaired) electrons. The van der Waals surface area contributed by atoms with Crippen LogP contribution in [-0.4, -0.2) is 31.5 Å².